The number of rotatable bonds is 8. The second-order valence-corrected chi connectivity index (χ2v) is 7.88. The number of amides is 1. The third-order valence-corrected chi connectivity index (χ3v) is 5.82. The molecule has 27 heavy (non-hydrogen) atoms. The van der Waals surface area contributed by atoms with Crippen molar-refractivity contribution in [2.24, 2.45) is 0 Å². The predicted octanol–water partition coefficient (Wildman–Crippen LogP) is 2.16. The van der Waals surface area contributed by atoms with Crippen molar-refractivity contribution in [2.75, 3.05) is 27.8 Å². The van der Waals surface area contributed by atoms with E-state index in [0.717, 1.165) is 21.3 Å². The van der Waals surface area contributed by atoms with Crippen molar-refractivity contribution in [2.45, 2.75) is 18.2 Å². The lowest BCUT2D eigenvalue weighted by Crippen LogP contribution is -2.27. The molecule has 2 rings (SSSR count). The number of ether oxygens (including phenoxy) is 1. The van der Waals surface area contributed by atoms with Crippen molar-refractivity contribution in [3.05, 3.63) is 59.2 Å². The number of hydroxylamine groups is 1. The Kier molecular flexibility index (Phi) is 6.95. The lowest BCUT2D eigenvalue weighted by molar-refractivity contribution is -0.0258. The number of nitrogens with zero attached hydrogens (tertiary/aromatic N) is 1. The first-order valence-corrected chi connectivity index (χ1v) is 9.78. The molecule has 7 nitrogen and oxygen atoms in total. The first-order chi connectivity index (χ1) is 12.8. The quantitative estimate of drug-likeness (QED) is 0.696. The van der Waals surface area contributed by atoms with Crippen molar-refractivity contribution in [3.63, 3.8) is 0 Å². The van der Waals surface area contributed by atoms with Gasteiger partial charge in [-0.3, -0.25) is 9.63 Å². The molecule has 146 valence electrons. The van der Waals surface area contributed by atoms with Crippen LogP contribution in [0.25, 0.3) is 0 Å². The van der Waals surface area contributed by atoms with Crippen LogP contribution in [0.5, 0.6) is 5.75 Å². The van der Waals surface area contributed by atoms with Gasteiger partial charge in [0.15, 0.2) is 0 Å². The van der Waals surface area contributed by atoms with Gasteiger partial charge in [-0.25, -0.2) is 8.42 Å². The topological polar surface area (TPSA) is 84.9 Å². The predicted molar refractivity (Wildman–Crippen MR) is 102 cm³/mol. The summed E-state index contributed by atoms with van der Waals surface area (Å²) in [6.07, 6.45) is 0.627. The zero-order valence-corrected chi connectivity index (χ0v) is 16.7. The largest absolute Gasteiger partial charge is 0.496 e. The Bertz CT molecular complexity index is 895. The number of methoxy groups -OCH3 is 1. The summed E-state index contributed by atoms with van der Waals surface area (Å²) in [7, 11) is 0.451. The summed E-state index contributed by atoms with van der Waals surface area (Å²) in [5.41, 5.74) is 2.52. The summed E-state index contributed by atoms with van der Waals surface area (Å²) in [4.78, 5) is 17.1. The van der Waals surface area contributed by atoms with Gasteiger partial charge in [-0.15, -0.1) is 0 Å². The highest BCUT2D eigenvalue weighted by atomic mass is 32.2. The Morgan fingerprint density at radius 1 is 1.11 bits per heavy atom. The molecule has 0 aliphatic carbocycles. The van der Waals surface area contributed by atoms with Crippen LogP contribution in [0.4, 0.5) is 0 Å². The standard InChI is InChI=1S/C19H24N2O5S/c1-14-5-10-18(25-3)16(13-14)11-12-20-19(22)15-6-8-17(9-7-15)27(23,24)21(2)26-4/h5-10,13H,11-12H2,1-4H3,(H,20,22). The minimum Gasteiger partial charge on any atom is -0.496 e. The zero-order chi connectivity index (χ0) is 20.0. The van der Waals surface area contributed by atoms with Crippen LogP contribution >= 0.6 is 0 Å². The van der Waals surface area contributed by atoms with E-state index in [2.05, 4.69) is 5.32 Å². The third-order valence-electron chi connectivity index (χ3n) is 4.13. The highest BCUT2D eigenvalue weighted by molar-refractivity contribution is 7.89. The Morgan fingerprint density at radius 3 is 2.37 bits per heavy atom. The van der Waals surface area contributed by atoms with Gasteiger partial charge in [0, 0.05) is 19.2 Å². The van der Waals surface area contributed by atoms with Crippen LogP contribution in [0, 0.1) is 6.92 Å². The minimum atomic E-state index is -3.73. The molecule has 0 spiro atoms. The van der Waals surface area contributed by atoms with Gasteiger partial charge in [0.05, 0.1) is 19.1 Å². The number of carbonyl (C=O) groups is 1. The van der Waals surface area contributed by atoms with Crippen molar-refractivity contribution in [1.29, 1.82) is 0 Å². The maximum atomic E-state index is 12.3. The van der Waals surface area contributed by atoms with E-state index in [1.165, 1.54) is 38.4 Å². The van der Waals surface area contributed by atoms with Gasteiger partial charge in [-0.05, 0) is 49.2 Å². The molecule has 1 N–H and O–H groups in total. The number of nitrogens with one attached hydrogen (secondary N) is 1. The molecule has 0 aromatic heterocycles. The van der Waals surface area contributed by atoms with Crippen LogP contribution < -0.4 is 10.1 Å². The maximum absolute atomic E-state index is 12.3. The van der Waals surface area contributed by atoms with Crippen molar-refractivity contribution >= 4 is 15.9 Å². The number of hydrogen-bond donors (Lipinski definition) is 1. The van der Waals surface area contributed by atoms with Crippen LogP contribution in [0.3, 0.4) is 0 Å². The van der Waals surface area contributed by atoms with Gasteiger partial charge in [0.2, 0.25) is 0 Å². The number of sulfonamides is 1. The van der Waals surface area contributed by atoms with E-state index in [-0.39, 0.29) is 10.8 Å². The molecule has 0 aliphatic rings. The first kappa shape index (κ1) is 20.9. The third kappa shape index (κ3) is 5.06. The summed E-state index contributed by atoms with van der Waals surface area (Å²) in [6, 6.07) is 11.6. The van der Waals surface area contributed by atoms with E-state index in [0.29, 0.717) is 18.5 Å². The fraction of sp³-hybridized carbons (Fsp3) is 0.316. The summed E-state index contributed by atoms with van der Waals surface area (Å²) < 4.78 is 30.4. The molecule has 0 atom stereocenters. The molecule has 0 unspecified atom stereocenters. The SMILES string of the molecule is COc1ccc(C)cc1CCNC(=O)c1ccc(S(=O)(=O)N(C)OC)cc1. The number of aryl methyl sites for hydroxylation is 1. The summed E-state index contributed by atoms with van der Waals surface area (Å²) in [5.74, 6) is 0.511. The molecule has 2 aromatic rings. The highest BCUT2D eigenvalue weighted by Gasteiger charge is 2.20. The molecule has 0 bridgehead atoms. The smallest absolute Gasteiger partial charge is 0.264 e. The van der Waals surface area contributed by atoms with E-state index in [4.69, 9.17) is 9.57 Å². The van der Waals surface area contributed by atoms with Gasteiger partial charge in [0.1, 0.15) is 5.75 Å². The molecule has 0 fully saturated rings. The lowest BCUT2D eigenvalue weighted by Gasteiger charge is -2.14. The summed E-state index contributed by atoms with van der Waals surface area (Å²) in [5, 5.41) is 2.83. The van der Waals surface area contributed by atoms with Gasteiger partial charge in [0.25, 0.3) is 15.9 Å². The molecule has 1 amide bonds. The van der Waals surface area contributed by atoms with Crippen LogP contribution in [0.15, 0.2) is 47.4 Å². The molecule has 0 saturated carbocycles. The molecule has 0 saturated heterocycles. The van der Waals surface area contributed by atoms with Crippen LogP contribution in [-0.4, -0.2) is 46.6 Å². The Labute approximate surface area is 159 Å². The van der Waals surface area contributed by atoms with Crippen LogP contribution in [0.2, 0.25) is 0 Å². The Balaban J connectivity index is 2.00. The van der Waals surface area contributed by atoms with Gasteiger partial charge in [-0.1, -0.05) is 22.2 Å². The normalized spacial score (nSPS) is 11.4. The van der Waals surface area contributed by atoms with E-state index < -0.39 is 10.0 Å². The fourth-order valence-corrected chi connectivity index (χ4v) is 3.51. The molecule has 8 heteroatoms. The average Bonchev–Trinajstić information content (AvgIpc) is 2.67. The summed E-state index contributed by atoms with van der Waals surface area (Å²) in [6.45, 7) is 2.43. The number of carbonyl (C=O) groups excluding carboxylic acids is 1. The summed E-state index contributed by atoms with van der Waals surface area (Å²) >= 11 is 0. The monoisotopic (exact) mass is 392 g/mol. The second kappa shape index (κ2) is 8.98. The van der Waals surface area contributed by atoms with E-state index in [1.807, 2.05) is 25.1 Å². The maximum Gasteiger partial charge on any atom is 0.264 e. The fourth-order valence-electron chi connectivity index (χ4n) is 2.54. The lowest BCUT2D eigenvalue weighted by atomic mass is 10.1. The molecule has 2 aromatic carbocycles. The van der Waals surface area contributed by atoms with Gasteiger partial charge in [-0.2, -0.15) is 0 Å². The van der Waals surface area contributed by atoms with Gasteiger partial charge < -0.3 is 10.1 Å². The Morgan fingerprint density at radius 2 is 1.78 bits per heavy atom. The number of hydrogen-bond acceptors (Lipinski definition) is 5. The molecule has 0 radical (unpaired) electrons. The number of benzene rings is 2. The minimum absolute atomic E-state index is 0.0490. The van der Waals surface area contributed by atoms with Crippen LogP contribution in [-0.2, 0) is 21.3 Å². The van der Waals surface area contributed by atoms with Gasteiger partial charge >= 0.3 is 0 Å². The molecular formula is C19H24N2O5S. The van der Waals surface area contributed by atoms with E-state index >= 15 is 0 Å². The van der Waals surface area contributed by atoms with Crippen molar-refractivity contribution in [3.8, 4) is 5.75 Å². The van der Waals surface area contributed by atoms with E-state index in [9.17, 15) is 13.2 Å². The molecule has 0 aliphatic heterocycles. The van der Waals surface area contributed by atoms with Crippen molar-refractivity contribution < 1.29 is 22.8 Å². The Hall–Kier alpha value is -2.42. The average molecular weight is 392 g/mol. The zero-order valence-electron chi connectivity index (χ0n) is 15.9. The van der Waals surface area contributed by atoms with Crippen LogP contribution in [0.1, 0.15) is 21.5 Å². The molecule has 0 heterocycles. The van der Waals surface area contributed by atoms with Crippen molar-refractivity contribution in [1.82, 2.24) is 9.79 Å². The molecular weight excluding hydrogens is 368 g/mol. The first-order valence-electron chi connectivity index (χ1n) is 8.34. The van der Waals surface area contributed by atoms with E-state index in [1.54, 1.807) is 7.11 Å². The highest BCUT2D eigenvalue weighted by Crippen LogP contribution is 2.20. The second-order valence-electron chi connectivity index (χ2n) is 5.94.